The molecule has 2 rings (SSSR count). The highest BCUT2D eigenvalue weighted by atomic mass is 15.0. The molecular formula is C12H17N3. The minimum Gasteiger partial charge on any atom is -0.330 e. The van der Waals surface area contributed by atoms with Gasteiger partial charge in [0, 0.05) is 19.0 Å². The molecule has 2 aromatic heterocycles. The van der Waals surface area contributed by atoms with Crippen LogP contribution in [0, 0.1) is 6.92 Å². The van der Waals surface area contributed by atoms with Crippen molar-refractivity contribution in [2.45, 2.75) is 26.7 Å². The fourth-order valence-corrected chi connectivity index (χ4v) is 1.89. The third kappa shape index (κ3) is 1.75. The lowest BCUT2D eigenvalue weighted by Gasteiger charge is -2.00. The summed E-state index contributed by atoms with van der Waals surface area (Å²) in [5.74, 6) is 1.12. The van der Waals surface area contributed by atoms with Crippen LogP contribution in [0.3, 0.4) is 0 Å². The second kappa shape index (κ2) is 4.03. The Bertz CT molecular complexity index is 471. The molecule has 80 valence electrons. The molecule has 0 aliphatic carbocycles. The molecule has 3 heteroatoms. The van der Waals surface area contributed by atoms with Crippen LogP contribution in [0.4, 0.5) is 0 Å². The van der Waals surface area contributed by atoms with Gasteiger partial charge in [-0.05, 0) is 25.1 Å². The molecule has 0 saturated carbocycles. The lowest BCUT2D eigenvalue weighted by atomic mass is 10.2. The lowest BCUT2D eigenvalue weighted by Crippen LogP contribution is -2.03. The Balaban J connectivity index is 2.64. The van der Waals surface area contributed by atoms with Gasteiger partial charge in [-0.25, -0.2) is 4.98 Å². The van der Waals surface area contributed by atoms with Gasteiger partial charge in [0.05, 0.1) is 11.2 Å². The van der Waals surface area contributed by atoms with Crippen LogP contribution in [-0.4, -0.2) is 15.9 Å². The minimum atomic E-state index is 0.656. The highest BCUT2D eigenvalue weighted by Crippen LogP contribution is 2.15. The molecular weight excluding hydrogens is 186 g/mol. The molecule has 0 aromatic carbocycles. The second-order valence-electron chi connectivity index (χ2n) is 3.83. The van der Waals surface area contributed by atoms with Gasteiger partial charge in [-0.15, -0.1) is 0 Å². The minimum absolute atomic E-state index is 0.656. The number of rotatable bonds is 3. The van der Waals surface area contributed by atoms with Crippen LogP contribution in [0.2, 0.25) is 0 Å². The van der Waals surface area contributed by atoms with Gasteiger partial charge in [0.15, 0.2) is 0 Å². The van der Waals surface area contributed by atoms with Crippen molar-refractivity contribution in [1.82, 2.24) is 9.38 Å². The van der Waals surface area contributed by atoms with Crippen molar-refractivity contribution >= 4 is 5.52 Å². The molecule has 0 spiro atoms. The third-order valence-electron chi connectivity index (χ3n) is 2.63. The van der Waals surface area contributed by atoms with Gasteiger partial charge in [0.1, 0.15) is 5.82 Å². The van der Waals surface area contributed by atoms with Crippen LogP contribution >= 0.6 is 0 Å². The number of hydrogen-bond donors (Lipinski definition) is 1. The number of aromatic nitrogens is 2. The van der Waals surface area contributed by atoms with Crippen molar-refractivity contribution in [1.29, 1.82) is 0 Å². The quantitative estimate of drug-likeness (QED) is 0.825. The van der Waals surface area contributed by atoms with E-state index in [1.165, 1.54) is 11.1 Å². The van der Waals surface area contributed by atoms with Crippen molar-refractivity contribution in [2.24, 2.45) is 5.73 Å². The number of pyridine rings is 1. The largest absolute Gasteiger partial charge is 0.330 e. The van der Waals surface area contributed by atoms with E-state index in [1.807, 2.05) is 0 Å². The number of nitrogens with two attached hydrogens (primary N) is 1. The number of hydrogen-bond acceptors (Lipinski definition) is 2. The second-order valence-corrected chi connectivity index (χ2v) is 3.83. The molecule has 0 unspecified atom stereocenters. The highest BCUT2D eigenvalue weighted by Gasteiger charge is 2.08. The fourth-order valence-electron chi connectivity index (χ4n) is 1.89. The molecule has 0 radical (unpaired) electrons. The Labute approximate surface area is 89.9 Å². The predicted molar refractivity (Wildman–Crippen MR) is 62.1 cm³/mol. The van der Waals surface area contributed by atoms with E-state index >= 15 is 0 Å². The average Bonchev–Trinajstić information content (AvgIpc) is 2.56. The maximum absolute atomic E-state index is 5.58. The molecule has 0 fully saturated rings. The molecule has 2 N–H and O–H groups in total. The first-order valence-corrected chi connectivity index (χ1v) is 5.42. The van der Waals surface area contributed by atoms with E-state index in [-0.39, 0.29) is 0 Å². The van der Waals surface area contributed by atoms with E-state index in [1.54, 1.807) is 0 Å². The van der Waals surface area contributed by atoms with E-state index in [0.717, 1.165) is 24.4 Å². The summed E-state index contributed by atoms with van der Waals surface area (Å²) in [7, 11) is 0. The van der Waals surface area contributed by atoms with Crippen molar-refractivity contribution in [3.63, 3.8) is 0 Å². The van der Waals surface area contributed by atoms with Crippen LogP contribution < -0.4 is 5.73 Å². The lowest BCUT2D eigenvalue weighted by molar-refractivity contribution is 0.898. The Morgan fingerprint density at radius 3 is 2.87 bits per heavy atom. The van der Waals surface area contributed by atoms with Crippen LogP contribution in [0.1, 0.15) is 24.0 Å². The maximum atomic E-state index is 5.58. The maximum Gasteiger partial charge on any atom is 0.113 e. The molecule has 2 aromatic rings. The van der Waals surface area contributed by atoms with E-state index in [0.29, 0.717) is 6.54 Å². The van der Waals surface area contributed by atoms with Crippen molar-refractivity contribution in [2.75, 3.05) is 6.54 Å². The Hall–Kier alpha value is -1.35. The zero-order chi connectivity index (χ0) is 10.8. The van der Waals surface area contributed by atoms with Crippen molar-refractivity contribution in [3.8, 4) is 0 Å². The topological polar surface area (TPSA) is 43.3 Å². The van der Waals surface area contributed by atoms with Crippen LogP contribution in [0.15, 0.2) is 18.3 Å². The SMILES string of the molecule is CCc1nc(CCN)c2ccc(C)cn12. The predicted octanol–water partition coefficient (Wildman–Crippen LogP) is 1.71. The van der Waals surface area contributed by atoms with Gasteiger partial charge in [0.25, 0.3) is 0 Å². The van der Waals surface area contributed by atoms with Gasteiger partial charge in [-0.2, -0.15) is 0 Å². The summed E-state index contributed by atoms with van der Waals surface area (Å²) in [5.41, 5.74) is 9.16. The Morgan fingerprint density at radius 1 is 1.40 bits per heavy atom. The zero-order valence-corrected chi connectivity index (χ0v) is 9.33. The summed E-state index contributed by atoms with van der Waals surface area (Å²) < 4.78 is 2.18. The van der Waals surface area contributed by atoms with Gasteiger partial charge >= 0.3 is 0 Å². The van der Waals surface area contributed by atoms with Crippen LogP contribution in [0.5, 0.6) is 0 Å². The molecule has 0 aliphatic heterocycles. The molecule has 0 aliphatic rings. The monoisotopic (exact) mass is 203 g/mol. The summed E-state index contributed by atoms with van der Waals surface area (Å²) in [6.45, 7) is 4.88. The number of aryl methyl sites for hydroxylation is 2. The third-order valence-corrected chi connectivity index (χ3v) is 2.63. The first kappa shape index (κ1) is 10.2. The summed E-state index contributed by atoms with van der Waals surface area (Å²) in [6.07, 6.45) is 3.95. The summed E-state index contributed by atoms with van der Waals surface area (Å²) in [6, 6.07) is 4.25. The molecule has 0 bridgehead atoms. The van der Waals surface area contributed by atoms with Gasteiger partial charge in [-0.1, -0.05) is 13.0 Å². The summed E-state index contributed by atoms with van der Waals surface area (Å²) in [5, 5.41) is 0. The highest BCUT2D eigenvalue weighted by molar-refractivity contribution is 5.54. The van der Waals surface area contributed by atoms with Gasteiger partial charge in [0.2, 0.25) is 0 Å². The van der Waals surface area contributed by atoms with Crippen molar-refractivity contribution in [3.05, 3.63) is 35.4 Å². The summed E-state index contributed by atoms with van der Waals surface area (Å²) in [4.78, 5) is 4.62. The Morgan fingerprint density at radius 2 is 2.20 bits per heavy atom. The van der Waals surface area contributed by atoms with Gasteiger partial charge in [-0.3, -0.25) is 0 Å². The fraction of sp³-hybridized carbons (Fsp3) is 0.417. The van der Waals surface area contributed by atoms with E-state index < -0.39 is 0 Å². The number of nitrogens with zero attached hydrogens (tertiary/aromatic N) is 2. The molecule has 0 saturated heterocycles. The molecule has 15 heavy (non-hydrogen) atoms. The zero-order valence-electron chi connectivity index (χ0n) is 9.33. The van der Waals surface area contributed by atoms with E-state index in [2.05, 4.69) is 41.6 Å². The smallest absolute Gasteiger partial charge is 0.113 e. The molecule has 0 amide bonds. The normalized spacial score (nSPS) is 11.1. The number of imidazole rings is 1. The molecule has 3 nitrogen and oxygen atoms in total. The molecule has 0 atom stereocenters. The van der Waals surface area contributed by atoms with E-state index in [9.17, 15) is 0 Å². The molecule has 2 heterocycles. The average molecular weight is 203 g/mol. The number of fused-ring (bicyclic) bond motifs is 1. The summed E-state index contributed by atoms with van der Waals surface area (Å²) >= 11 is 0. The van der Waals surface area contributed by atoms with Crippen LogP contribution in [-0.2, 0) is 12.8 Å². The van der Waals surface area contributed by atoms with Crippen molar-refractivity contribution < 1.29 is 0 Å². The van der Waals surface area contributed by atoms with E-state index in [4.69, 9.17) is 5.73 Å². The standard InChI is InChI=1S/C12H17N3/c1-3-12-14-10(6-7-13)11-5-4-9(2)8-15(11)12/h4-5,8H,3,6-7,13H2,1-2H3. The first-order chi connectivity index (χ1) is 7.26. The van der Waals surface area contributed by atoms with Gasteiger partial charge < -0.3 is 10.1 Å². The van der Waals surface area contributed by atoms with Crippen LogP contribution in [0.25, 0.3) is 5.52 Å². The first-order valence-electron chi connectivity index (χ1n) is 5.42. The Kier molecular flexibility index (Phi) is 2.73.